The Labute approximate surface area is 173 Å². The molecule has 2 aromatic rings. The summed E-state index contributed by atoms with van der Waals surface area (Å²) in [5.41, 5.74) is 1.89. The first kappa shape index (κ1) is 22.5. The number of hydrogen-bond donors (Lipinski definition) is 2. The van der Waals surface area contributed by atoms with Gasteiger partial charge >= 0.3 is 6.09 Å². The molecule has 0 spiro atoms. The highest BCUT2D eigenvalue weighted by atomic mass is 16.5. The van der Waals surface area contributed by atoms with Gasteiger partial charge in [-0.15, -0.1) is 0 Å². The molecule has 0 fully saturated rings. The summed E-state index contributed by atoms with van der Waals surface area (Å²) >= 11 is 0. The van der Waals surface area contributed by atoms with E-state index in [0.717, 1.165) is 24.0 Å². The molecule has 0 heterocycles. The zero-order valence-electron chi connectivity index (χ0n) is 17.2. The molecule has 2 N–H and O–H groups in total. The minimum atomic E-state index is -0.670. The van der Waals surface area contributed by atoms with Crippen LogP contribution in [0.5, 0.6) is 0 Å². The van der Waals surface area contributed by atoms with Crippen LogP contribution in [0.15, 0.2) is 60.7 Å². The number of rotatable bonds is 12. The number of benzene rings is 2. The van der Waals surface area contributed by atoms with E-state index in [9.17, 15) is 9.59 Å². The number of carbonyl (C=O) groups is 2. The average Bonchev–Trinajstić information content (AvgIpc) is 2.75. The summed E-state index contributed by atoms with van der Waals surface area (Å²) in [5.74, 6) is -0.180. The second-order valence-electron chi connectivity index (χ2n) is 7.15. The van der Waals surface area contributed by atoms with Gasteiger partial charge in [0.25, 0.3) is 0 Å². The molecule has 156 valence electrons. The van der Waals surface area contributed by atoms with Crippen LogP contribution < -0.4 is 10.6 Å². The third kappa shape index (κ3) is 9.28. The van der Waals surface area contributed by atoms with Crippen LogP contribution in [0.3, 0.4) is 0 Å². The molecule has 0 saturated carbocycles. The van der Waals surface area contributed by atoms with Gasteiger partial charge in [-0.2, -0.15) is 0 Å². The topological polar surface area (TPSA) is 67.4 Å². The highest BCUT2D eigenvalue weighted by Crippen LogP contribution is 2.06. The summed E-state index contributed by atoms with van der Waals surface area (Å²) in [6.07, 6.45) is 5.48. The lowest BCUT2D eigenvalue weighted by atomic mass is 10.1. The van der Waals surface area contributed by atoms with Crippen molar-refractivity contribution in [2.45, 2.75) is 58.1 Å². The Hall–Kier alpha value is -2.82. The molecule has 0 saturated heterocycles. The molecule has 5 heteroatoms. The summed E-state index contributed by atoms with van der Waals surface area (Å²) in [5, 5.41) is 5.67. The SMILES string of the molecule is CCCCCCCNC(=O)[C@H](Cc1ccccc1)NC(=O)OCc1ccccc1. The number of hydrogen-bond acceptors (Lipinski definition) is 3. The summed E-state index contributed by atoms with van der Waals surface area (Å²) in [4.78, 5) is 24.9. The van der Waals surface area contributed by atoms with Gasteiger partial charge in [0, 0.05) is 13.0 Å². The normalized spacial score (nSPS) is 11.5. The van der Waals surface area contributed by atoms with Gasteiger partial charge in [-0.3, -0.25) is 4.79 Å². The smallest absolute Gasteiger partial charge is 0.408 e. The summed E-state index contributed by atoms with van der Waals surface area (Å²) in [7, 11) is 0. The molecular weight excluding hydrogens is 364 g/mol. The van der Waals surface area contributed by atoms with E-state index in [1.807, 2.05) is 60.7 Å². The Morgan fingerprint density at radius 2 is 1.48 bits per heavy atom. The predicted octanol–water partition coefficient (Wildman–Crippen LogP) is 4.61. The maximum absolute atomic E-state index is 12.7. The van der Waals surface area contributed by atoms with Crippen LogP contribution in [0.1, 0.15) is 50.2 Å². The first-order chi connectivity index (χ1) is 14.2. The Balaban J connectivity index is 1.86. The van der Waals surface area contributed by atoms with E-state index in [1.165, 1.54) is 19.3 Å². The Morgan fingerprint density at radius 3 is 2.14 bits per heavy atom. The zero-order valence-corrected chi connectivity index (χ0v) is 17.2. The minimum Gasteiger partial charge on any atom is -0.445 e. The van der Waals surface area contributed by atoms with Crippen LogP contribution in [-0.4, -0.2) is 24.6 Å². The van der Waals surface area contributed by atoms with Crippen molar-refractivity contribution in [2.24, 2.45) is 0 Å². The quantitative estimate of drug-likeness (QED) is 0.515. The van der Waals surface area contributed by atoms with Crippen LogP contribution >= 0.6 is 0 Å². The minimum absolute atomic E-state index is 0.170. The molecule has 0 unspecified atom stereocenters. The third-order valence-electron chi connectivity index (χ3n) is 4.68. The molecular formula is C24H32N2O3. The van der Waals surface area contributed by atoms with Crippen molar-refractivity contribution in [3.63, 3.8) is 0 Å². The predicted molar refractivity (Wildman–Crippen MR) is 115 cm³/mol. The summed E-state index contributed by atoms with van der Waals surface area (Å²) in [6.45, 7) is 2.97. The first-order valence-corrected chi connectivity index (χ1v) is 10.5. The molecule has 0 aromatic heterocycles. The summed E-state index contributed by atoms with van der Waals surface area (Å²) in [6, 6.07) is 18.5. The molecule has 0 bridgehead atoms. The lowest BCUT2D eigenvalue weighted by molar-refractivity contribution is -0.123. The largest absolute Gasteiger partial charge is 0.445 e. The molecule has 0 aliphatic heterocycles. The fourth-order valence-electron chi connectivity index (χ4n) is 3.03. The number of carbonyl (C=O) groups excluding carboxylic acids is 2. The van der Waals surface area contributed by atoms with Crippen molar-refractivity contribution in [3.8, 4) is 0 Å². The van der Waals surface area contributed by atoms with Gasteiger partial charge in [-0.25, -0.2) is 4.79 Å². The van der Waals surface area contributed by atoms with E-state index in [0.29, 0.717) is 13.0 Å². The number of unbranched alkanes of at least 4 members (excludes halogenated alkanes) is 4. The highest BCUT2D eigenvalue weighted by molar-refractivity contribution is 5.85. The summed E-state index contributed by atoms with van der Waals surface area (Å²) < 4.78 is 5.29. The van der Waals surface area contributed by atoms with Crippen molar-refractivity contribution < 1.29 is 14.3 Å². The third-order valence-corrected chi connectivity index (χ3v) is 4.68. The fraction of sp³-hybridized carbons (Fsp3) is 0.417. The van der Waals surface area contributed by atoms with E-state index in [-0.39, 0.29) is 12.5 Å². The van der Waals surface area contributed by atoms with Gasteiger partial charge in [0.15, 0.2) is 0 Å². The van der Waals surface area contributed by atoms with E-state index in [2.05, 4.69) is 17.6 Å². The Kier molecular flexibility index (Phi) is 10.4. The molecule has 2 rings (SSSR count). The second kappa shape index (κ2) is 13.4. The van der Waals surface area contributed by atoms with Crippen LogP contribution in [-0.2, 0) is 22.6 Å². The van der Waals surface area contributed by atoms with Gasteiger partial charge in [-0.05, 0) is 17.5 Å². The number of amides is 2. The molecule has 29 heavy (non-hydrogen) atoms. The van der Waals surface area contributed by atoms with Crippen LogP contribution in [0.25, 0.3) is 0 Å². The van der Waals surface area contributed by atoms with Crippen molar-refractivity contribution in [1.82, 2.24) is 10.6 Å². The van der Waals surface area contributed by atoms with Crippen molar-refractivity contribution in [2.75, 3.05) is 6.54 Å². The van der Waals surface area contributed by atoms with Gasteiger partial charge < -0.3 is 15.4 Å². The fourth-order valence-corrected chi connectivity index (χ4v) is 3.03. The standard InChI is InChI=1S/C24H32N2O3/c1-2-3-4-5-12-17-25-23(27)22(18-20-13-8-6-9-14-20)26-24(28)29-19-21-15-10-7-11-16-21/h6-11,13-16,22H,2-5,12,17-19H2,1H3,(H,25,27)(H,26,28)/t22-/m0/s1. The monoisotopic (exact) mass is 396 g/mol. The molecule has 2 aromatic carbocycles. The Bertz CT molecular complexity index is 719. The van der Waals surface area contributed by atoms with Gasteiger partial charge in [0.2, 0.25) is 5.91 Å². The van der Waals surface area contributed by atoms with E-state index in [1.54, 1.807) is 0 Å². The van der Waals surface area contributed by atoms with Gasteiger partial charge in [-0.1, -0.05) is 93.3 Å². The molecule has 5 nitrogen and oxygen atoms in total. The van der Waals surface area contributed by atoms with Crippen LogP contribution in [0.2, 0.25) is 0 Å². The highest BCUT2D eigenvalue weighted by Gasteiger charge is 2.21. The average molecular weight is 397 g/mol. The number of alkyl carbamates (subject to hydrolysis) is 1. The van der Waals surface area contributed by atoms with E-state index in [4.69, 9.17) is 4.74 Å². The van der Waals surface area contributed by atoms with Crippen LogP contribution in [0.4, 0.5) is 4.79 Å². The molecule has 0 radical (unpaired) electrons. The van der Waals surface area contributed by atoms with E-state index >= 15 is 0 Å². The van der Waals surface area contributed by atoms with Crippen molar-refractivity contribution in [3.05, 3.63) is 71.8 Å². The number of nitrogens with one attached hydrogen (secondary N) is 2. The lowest BCUT2D eigenvalue weighted by Gasteiger charge is -2.18. The van der Waals surface area contributed by atoms with Crippen LogP contribution in [0, 0.1) is 0 Å². The second-order valence-corrected chi connectivity index (χ2v) is 7.15. The number of ether oxygens (including phenoxy) is 1. The van der Waals surface area contributed by atoms with E-state index < -0.39 is 12.1 Å². The molecule has 2 amide bonds. The first-order valence-electron chi connectivity index (χ1n) is 10.5. The van der Waals surface area contributed by atoms with Crippen molar-refractivity contribution >= 4 is 12.0 Å². The Morgan fingerprint density at radius 1 is 0.862 bits per heavy atom. The maximum Gasteiger partial charge on any atom is 0.408 e. The zero-order chi connectivity index (χ0) is 20.7. The molecule has 0 aliphatic carbocycles. The molecule has 1 atom stereocenters. The van der Waals surface area contributed by atoms with Gasteiger partial charge in [0.05, 0.1) is 0 Å². The van der Waals surface area contributed by atoms with Gasteiger partial charge in [0.1, 0.15) is 12.6 Å². The molecule has 0 aliphatic rings. The lowest BCUT2D eigenvalue weighted by Crippen LogP contribution is -2.48. The van der Waals surface area contributed by atoms with Crippen molar-refractivity contribution in [1.29, 1.82) is 0 Å². The maximum atomic E-state index is 12.7.